The van der Waals surface area contributed by atoms with Crippen molar-refractivity contribution in [2.24, 2.45) is 4.99 Å². The van der Waals surface area contributed by atoms with Gasteiger partial charge in [0.1, 0.15) is 11.5 Å². The molecule has 5 aromatic rings. The van der Waals surface area contributed by atoms with E-state index in [4.69, 9.17) is 32.6 Å². The van der Waals surface area contributed by atoms with Crippen LogP contribution in [0.2, 0.25) is 10.0 Å². The van der Waals surface area contributed by atoms with Gasteiger partial charge in [0.05, 0.1) is 16.3 Å². The molecule has 7 heteroatoms. The van der Waals surface area contributed by atoms with Crippen LogP contribution in [0.25, 0.3) is 23.1 Å². The van der Waals surface area contributed by atoms with Crippen molar-refractivity contribution in [2.45, 2.75) is 18.9 Å². The molecule has 0 saturated carbocycles. The summed E-state index contributed by atoms with van der Waals surface area (Å²) in [4.78, 5) is 19.6. The summed E-state index contributed by atoms with van der Waals surface area (Å²) in [6, 6.07) is 27.2. The Bertz CT molecular complexity index is 1910. The van der Waals surface area contributed by atoms with E-state index in [-0.39, 0.29) is 11.6 Å². The van der Waals surface area contributed by atoms with Crippen molar-refractivity contribution in [1.29, 1.82) is 0 Å². The van der Waals surface area contributed by atoms with Gasteiger partial charge in [0, 0.05) is 27.2 Å². The first kappa shape index (κ1) is 23.5. The van der Waals surface area contributed by atoms with Gasteiger partial charge in [-0.1, -0.05) is 70.9 Å². The summed E-state index contributed by atoms with van der Waals surface area (Å²) in [5.41, 5.74) is 6.42. The van der Waals surface area contributed by atoms with E-state index in [0.717, 1.165) is 40.8 Å². The molecule has 3 heterocycles. The molecule has 0 amide bonds. The molecular formula is C31H20Cl2N2O2S. The van der Waals surface area contributed by atoms with E-state index in [2.05, 4.69) is 18.2 Å². The summed E-state index contributed by atoms with van der Waals surface area (Å²) in [6.45, 7) is 0. The first-order valence-corrected chi connectivity index (χ1v) is 13.9. The van der Waals surface area contributed by atoms with Crippen molar-refractivity contribution < 1.29 is 4.42 Å². The van der Waals surface area contributed by atoms with Gasteiger partial charge in [0.25, 0.3) is 5.56 Å². The Morgan fingerprint density at radius 2 is 1.63 bits per heavy atom. The Balaban J connectivity index is 1.39. The van der Waals surface area contributed by atoms with Crippen molar-refractivity contribution in [3.05, 3.63) is 143 Å². The van der Waals surface area contributed by atoms with Crippen LogP contribution >= 0.6 is 34.5 Å². The average molecular weight is 555 g/mol. The van der Waals surface area contributed by atoms with Crippen LogP contribution in [-0.4, -0.2) is 4.57 Å². The number of aromatic nitrogens is 1. The van der Waals surface area contributed by atoms with Crippen LogP contribution in [0.5, 0.6) is 0 Å². The Hall–Kier alpha value is -3.64. The highest BCUT2D eigenvalue weighted by Gasteiger charge is 2.32. The summed E-state index contributed by atoms with van der Waals surface area (Å²) in [6.07, 6.45) is 3.56. The highest BCUT2D eigenvalue weighted by Crippen LogP contribution is 2.41. The van der Waals surface area contributed by atoms with E-state index < -0.39 is 0 Å². The zero-order valence-electron chi connectivity index (χ0n) is 20.0. The molecule has 0 spiro atoms. The number of furan rings is 1. The molecule has 3 aromatic carbocycles. The lowest BCUT2D eigenvalue weighted by atomic mass is 9.83. The summed E-state index contributed by atoms with van der Waals surface area (Å²) in [7, 11) is 0. The highest BCUT2D eigenvalue weighted by atomic mass is 35.5. The van der Waals surface area contributed by atoms with Crippen LogP contribution in [-0.2, 0) is 6.42 Å². The maximum Gasteiger partial charge on any atom is 0.271 e. The van der Waals surface area contributed by atoms with Gasteiger partial charge in [-0.2, -0.15) is 0 Å². The van der Waals surface area contributed by atoms with E-state index >= 15 is 0 Å². The fourth-order valence-corrected chi connectivity index (χ4v) is 6.53. The molecule has 1 aliphatic carbocycles. The summed E-state index contributed by atoms with van der Waals surface area (Å²) in [5, 5.41) is 1.33. The second-order valence-corrected chi connectivity index (χ2v) is 11.3. The fourth-order valence-electron chi connectivity index (χ4n) is 5.30. The molecule has 0 fully saturated rings. The van der Waals surface area contributed by atoms with Crippen LogP contribution in [0.3, 0.4) is 0 Å². The molecule has 2 aromatic heterocycles. The number of nitrogens with zero attached hydrogens (tertiary/aromatic N) is 2. The van der Waals surface area contributed by atoms with Crippen LogP contribution in [0.4, 0.5) is 0 Å². The Morgan fingerprint density at radius 3 is 2.42 bits per heavy atom. The minimum atomic E-state index is -0.241. The molecule has 7 rings (SSSR count). The molecule has 1 atom stereocenters. The van der Waals surface area contributed by atoms with E-state index in [9.17, 15) is 4.79 Å². The lowest BCUT2D eigenvalue weighted by molar-refractivity contribution is 0.570. The molecule has 0 bridgehead atoms. The molecule has 0 saturated heterocycles. The predicted molar refractivity (Wildman–Crippen MR) is 153 cm³/mol. The van der Waals surface area contributed by atoms with Gasteiger partial charge in [-0.3, -0.25) is 9.36 Å². The quantitative estimate of drug-likeness (QED) is 0.244. The van der Waals surface area contributed by atoms with Gasteiger partial charge in [-0.25, -0.2) is 4.99 Å². The molecule has 186 valence electrons. The normalized spacial score (nSPS) is 16.6. The number of aryl methyl sites for hydroxylation is 1. The zero-order chi connectivity index (χ0) is 25.8. The molecule has 1 aliphatic heterocycles. The monoisotopic (exact) mass is 554 g/mol. The topological polar surface area (TPSA) is 47.5 Å². The third-order valence-electron chi connectivity index (χ3n) is 7.09. The first-order chi connectivity index (χ1) is 18.5. The van der Waals surface area contributed by atoms with E-state index in [1.807, 2.05) is 71.3 Å². The highest BCUT2D eigenvalue weighted by molar-refractivity contribution is 7.07. The third kappa shape index (κ3) is 3.99. The fraction of sp³-hybridized carbons (Fsp3) is 0.0968. The first-order valence-electron chi connectivity index (χ1n) is 12.3. The maximum absolute atomic E-state index is 13.9. The molecular weight excluding hydrogens is 535 g/mol. The second kappa shape index (κ2) is 9.28. The van der Waals surface area contributed by atoms with Gasteiger partial charge in [0.15, 0.2) is 4.80 Å². The van der Waals surface area contributed by atoms with Gasteiger partial charge in [0.2, 0.25) is 0 Å². The van der Waals surface area contributed by atoms with E-state index in [1.165, 1.54) is 16.9 Å². The number of rotatable bonds is 3. The lowest BCUT2D eigenvalue weighted by Gasteiger charge is -2.30. The summed E-state index contributed by atoms with van der Waals surface area (Å²) >= 11 is 13.6. The lowest BCUT2D eigenvalue weighted by Crippen LogP contribution is -2.38. The number of fused-ring (bicyclic) bond motifs is 3. The molecule has 0 radical (unpaired) electrons. The van der Waals surface area contributed by atoms with Gasteiger partial charge >= 0.3 is 0 Å². The SMILES string of the molecule is O=c1/c(=C\c2ccc(-c3ccc(Cl)cc3)o2)sc2n1[C@H](c1ccc(Cl)cc1)C1=C(N=2)c2ccccc2CC1. The van der Waals surface area contributed by atoms with E-state index in [1.54, 1.807) is 6.08 Å². The Kier molecular flexibility index (Phi) is 5.73. The maximum atomic E-state index is 13.9. The van der Waals surface area contributed by atoms with Crippen molar-refractivity contribution in [3.63, 3.8) is 0 Å². The Morgan fingerprint density at radius 1 is 0.895 bits per heavy atom. The smallest absolute Gasteiger partial charge is 0.271 e. The van der Waals surface area contributed by atoms with Crippen LogP contribution < -0.4 is 14.9 Å². The zero-order valence-corrected chi connectivity index (χ0v) is 22.4. The van der Waals surface area contributed by atoms with Gasteiger partial charge in [-0.15, -0.1) is 0 Å². The van der Waals surface area contributed by atoms with E-state index in [0.29, 0.717) is 30.9 Å². The van der Waals surface area contributed by atoms with Crippen molar-refractivity contribution in [1.82, 2.24) is 4.57 Å². The molecule has 2 aliphatic rings. The van der Waals surface area contributed by atoms with Crippen LogP contribution in [0.15, 0.2) is 105 Å². The standard InChI is InChI=1S/C31H20Cl2N2O2S/c32-21-10-5-19(6-11-21)26-16-14-23(37-26)17-27-30(36)35-29(20-7-12-22(33)13-8-20)25-15-9-18-3-1-2-4-24(18)28(25)34-31(35)38-27/h1-8,10-14,16-17,29H,9,15H2/b27-17+/t29-/m1/s1. The molecule has 38 heavy (non-hydrogen) atoms. The molecule has 0 N–H and O–H groups in total. The summed E-state index contributed by atoms with van der Waals surface area (Å²) < 4.78 is 8.48. The van der Waals surface area contributed by atoms with Crippen molar-refractivity contribution in [2.75, 3.05) is 0 Å². The number of hydrogen-bond acceptors (Lipinski definition) is 4. The Labute approximate surface area is 232 Å². The van der Waals surface area contributed by atoms with Crippen molar-refractivity contribution in [3.8, 4) is 11.3 Å². The summed E-state index contributed by atoms with van der Waals surface area (Å²) in [5.74, 6) is 1.32. The van der Waals surface area contributed by atoms with Gasteiger partial charge in [-0.05, 0) is 78.1 Å². The largest absolute Gasteiger partial charge is 0.457 e. The number of allylic oxidation sites excluding steroid dienone is 1. The number of thiazole rings is 1. The van der Waals surface area contributed by atoms with Crippen LogP contribution in [0.1, 0.15) is 34.9 Å². The van der Waals surface area contributed by atoms with Crippen molar-refractivity contribution >= 4 is 46.3 Å². The molecule has 0 unspecified atom stereocenters. The molecule has 4 nitrogen and oxygen atoms in total. The van der Waals surface area contributed by atoms with Gasteiger partial charge < -0.3 is 4.42 Å². The third-order valence-corrected chi connectivity index (χ3v) is 8.57. The second-order valence-electron chi connectivity index (χ2n) is 9.37. The minimum Gasteiger partial charge on any atom is -0.457 e. The predicted octanol–water partition coefficient (Wildman–Crippen LogP) is 6.89. The minimum absolute atomic E-state index is 0.0800. The number of hydrogen-bond donors (Lipinski definition) is 0. The number of halogens is 2. The van der Waals surface area contributed by atoms with Crippen LogP contribution in [0, 0.1) is 0 Å². The average Bonchev–Trinajstić information content (AvgIpc) is 3.53. The number of benzene rings is 3.